The minimum atomic E-state index is -0.363. The van der Waals surface area contributed by atoms with Gasteiger partial charge in [0.05, 0.1) is 5.02 Å². The van der Waals surface area contributed by atoms with Crippen LogP contribution in [0.3, 0.4) is 0 Å². The largest absolute Gasteiger partial charge is 0.325 e. The van der Waals surface area contributed by atoms with E-state index in [4.69, 9.17) is 17.3 Å². The zero-order chi connectivity index (χ0) is 10.9. The van der Waals surface area contributed by atoms with Crippen molar-refractivity contribution in [3.8, 4) is 0 Å². The maximum absolute atomic E-state index is 12.9. The second-order valence-corrected chi connectivity index (χ2v) is 4.90. The van der Waals surface area contributed by atoms with E-state index in [0.717, 1.165) is 24.8 Å². The van der Waals surface area contributed by atoms with Crippen molar-refractivity contribution >= 4 is 11.6 Å². The second kappa shape index (κ2) is 4.11. The van der Waals surface area contributed by atoms with Crippen LogP contribution in [0, 0.1) is 5.82 Å². The van der Waals surface area contributed by atoms with Crippen molar-refractivity contribution in [1.82, 2.24) is 0 Å². The van der Waals surface area contributed by atoms with Gasteiger partial charge in [0.1, 0.15) is 5.82 Å². The molecule has 3 heteroatoms. The summed E-state index contributed by atoms with van der Waals surface area (Å²) in [5.41, 5.74) is 7.18. The van der Waals surface area contributed by atoms with Crippen molar-refractivity contribution < 1.29 is 4.39 Å². The Balaban J connectivity index is 2.13. The summed E-state index contributed by atoms with van der Waals surface area (Å²) in [4.78, 5) is 0. The molecule has 2 rings (SSSR count). The third-order valence-electron chi connectivity index (χ3n) is 3.14. The van der Waals surface area contributed by atoms with Gasteiger partial charge >= 0.3 is 0 Å². The Bertz CT molecular complexity index is 359. The molecule has 2 N–H and O–H groups in total. The highest BCUT2D eigenvalue weighted by Gasteiger charge is 2.29. The first-order valence-corrected chi connectivity index (χ1v) is 5.70. The lowest BCUT2D eigenvalue weighted by Gasteiger charge is -2.23. The van der Waals surface area contributed by atoms with Crippen LogP contribution in [-0.2, 0) is 6.42 Å². The van der Waals surface area contributed by atoms with Crippen molar-refractivity contribution in [3.63, 3.8) is 0 Å². The van der Waals surface area contributed by atoms with Gasteiger partial charge in [-0.15, -0.1) is 0 Å². The first-order valence-electron chi connectivity index (χ1n) is 5.32. The summed E-state index contributed by atoms with van der Waals surface area (Å²) in [6.07, 6.45) is 5.31. The molecule has 1 saturated carbocycles. The maximum Gasteiger partial charge on any atom is 0.141 e. The van der Waals surface area contributed by atoms with Gasteiger partial charge in [-0.2, -0.15) is 0 Å². The molecule has 0 unspecified atom stereocenters. The van der Waals surface area contributed by atoms with Gasteiger partial charge in [-0.05, 0) is 37.0 Å². The molecule has 1 nitrogen and oxygen atoms in total. The van der Waals surface area contributed by atoms with E-state index >= 15 is 0 Å². The average molecular weight is 228 g/mol. The molecule has 0 bridgehead atoms. The van der Waals surface area contributed by atoms with Crippen LogP contribution in [0.25, 0.3) is 0 Å². The molecular weight excluding hydrogens is 213 g/mol. The summed E-state index contributed by atoms with van der Waals surface area (Å²) < 4.78 is 12.9. The predicted molar refractivity (Wildman–Crippen MR) is 60.5 cm³/mol. The van der Waals surface area contributed by atoms with E-state index in [1.165, 1.54) is 18.9 Å². The molecule has 1 aromatic rings. The SMILES string of the molecule is NC1(Cc2ccc(F)c(Cl)c2)CCCC1. The zero-order valence-electron chi connectivity index (χ0n) is 8.60. The van der Waals surface area contributed by atoms with Crippen LogP contribution in [0.2, 0.25) is 5.02 Å². The Morgan fingerprint density at radius 2 is 2.00 bits per heavy atom. The summed E-state index contributed by atoms with van der Waals surface area (Å²) >= 11 is 5.73. The highest BCUT2D eigenvalue weighted by atomic mass is 35.5. The van der Waals surface area contributed by atoms with Crippen molar-refractivity contribution in [2.24, 2.45) is 5.73 Å². The molecule has 0 spiro atoms. The Morgan fingerprint density at radius 1 is 1.33 bits per heavy atom. The molecule has 0 radical (unpaired) electrons. The summed E-state index contributed by atoms with van der Waals surface area (Å²) in [5.74, 6) is -0.363. The summed E-state index contributed by atoms with van der Waals surface area (Å²) in [5, 5.41) is 0.189. The van der Waals surface area contributed by atoms with E-state index in [1.807, 2.05) is 0 Å². The first kappa shape index (κ1) is 10.9. The average Bonchev–Trinajstić information content (AvgIpc) is 2.59. The second-order valence-electron chi connectivity index (χ2n) is 4.49. The fourth-order valence-electron chi connectivity index (χ4n) is 2.31. The third kappa shape index (κ3) is 2.50. The Morgan fingerprint density at radius 3 is 2.60 bits per heavy atom. The van der Waals surface area contributed by atoms with Crippen LogP contribution < -0.4 is 5.73 Å². The standard InChI is InChI=1S/C12H15ClFN/c13-10-7-9(3-4-11(10)14)8-12(15)5-1-2-6-12/h3-4,7H,1-2,5-6,8,15H2. The van der Waals surface area contributed by atoms with Gasteiger partial charge in [0, 0.05) is 5.54 Å². The highest BCUT2D eigenvalue weighted by Crippen LogP contribution is 2.31. The van der Waals surface area contributed by atoms with Crippen molar-refractivity contribution in [3.05, 3.63) is 34.6 Å². The van der Waals surface area contributed by atoms with E-state index < -0.39 is 0 Å². The van der Waals surface area contributed by atoms with E-state index in [-0.39, 0.29) is 16.4 Å². The molecule has 0 heterocycles. The van der Waals surface area contributed by atoms with Crippen LogP contribution in [-0.4, -0.2) is 5.54 Å². The van der Waals surface area contributed by atoms with Gasteiger partial charge in [0.15, 0.2) is 0 Å². The molecule has 0 amide bonds. The zero-order valence-corrected chi connectivity index (χ0v) is 9.36. The quantitative estimate of drug-likeness (QED) is 0.825. The third-order valence-corrected chi connectivity index (χ3v) is 3.43. The van der Waals surface area contributed by atoms with Crippen molar-refractivity contribution in [2.75, 3.05) is 0 Å². The molecule has 15 heavy (non-hydrogen) atoms. The summed E-state index contributed by atoms with van der Waals surface area (Å²) in [6.45, 7) is 0. The van der Waals surface area contributed by atoms with Crippen LogP contribution >= 0.6 is 11.6 Å². The smallest absolute Gasteiger partial charge is 0.141 e. The molecule has 1 aliphatic rings. The number of nitrogens with two attached hydrogens (primary N) is 1. The lowest BCUT2D eigenvalue weighted by molar-refractivity contribution is 0.436. The summed E-state index contributed by atoms with van der Waals surface area (Å²) in [7, 11) is 0. The minimum absolute atomic E-state index is 0.0961. The number of hydrogen-bond acceptors (Lipinski definition) is 1. The Kier molecular flexibility index (Phi) is 2.98. The monoisotopic (exact) mass is 227 g/mol. The lowest BCUT2D eigenvalue weighted by atomic mass is 9.90. The van der Waals surface area contributed by atoms with Gasteiger partial charge in [-0.25, -0.2) is 4.39 Å². The van der Waals surface area contributed by atoms with Gasteiger partial charge in [0.2, 0.25) is 0 Å². The molecule has 0 aliphatic heterocycles. The van der Waals surface area contributed by atoms with Crippen LogP contribution in [0.5, 0.6) is 0 Å². The van der Waals surface area contributed by atoms with Gasteiger partial charge in [0.25, 0.3) is 0 Å². The number of rotatable bonds is 2. The number of benzene rings is 1. The first-order chi connectivity index (χ1) is 7.09. The predicted octanol–water partition coefficient (Wildman–Crippen LogP) is 3.29. The summed E-state index contributed by atoms with van der Waals surface area (Å²) in [6, 6.07) is 4.87. The molecule has 82 valence electrons. The van der Waals surface area contributed by atoms with Crippen LogP contribution in [0.4, 0.5) is 4.39 Å². The van der Waals surface area contributed by atoms with Crippen molar-refractivity contribution in [2.45, 2.75) is 37.6 Å². The Hall–Kier alpha value is -0.600. The fourth-order valence-corrected chi connectivity index (χ4v) is 2.52. The normalized spacial score (nSPS) is 19.4. The molecule has 0 atom stereocenters. The molecule has 0 saturated heterocycles. The van der Waals surface area contributed by atoms with Crippen molar-refractivity contribution in [1.29, 1.82) is 0 Å². The number of halogens is 2. The lowest BCUT2D eigenvalue weighted by Crippen LogP contribution is -2.38. The van der Waals surface area contributed by atoms with Gasteiger partial charge in [-0.1, -0.05) is 30.5 Å². The van der Waals surface area contributed by atoms with Gasteiger partial charge < -0.3 is 5.73 Å². The topological polar surface area (TPSA) is 26.0 Å². The fraction of sp³-hybridized carbons (Fsp3) is 0.500. The van der Waals surface area contributed by atoms with E-state index in [1.54, 1.807) is 12.1 Å². The number of hydrogen-bond donors (Lipinski definition) is 1. The highest BCUT2D eigenvalue weighted by molar-refractivity contribution is 6.30. The minimum Gasteiger partial charge on any atom is -0.325 e. The molecule has 1 fully saturated rings. The molecule has 0 aromatic heterocycles. The van der Waals surface area contributed by atoms with E-state index in [9.17, 15) is 4.39 Å². The molecular formula is C12H15ClFN. The molecule has 1 aliphatic carbocycles. The van der Waals surface area contributed by atoms with Crippen LogP contribution in [0.1, 0.15) is 31.2 Å². The maximum atomic E-state index is 12.9. The molecule has 1 aromatic carbocycles. The van der Waals surface area contributed by atoms with Gasteiger partial charge in [-0.3, -0.25) is 0 Å². The van der Waals surface area contributed by atoms with Crippen LogP contribution in [0.15, 0.2) is 18.2 Å². The Labute approximate surface area is 94.4 Å². The van der Waals surface area contributed by atoms with E-state index in [2.05, 4.69) is 0 Å². The van der Waals surface area contributed by atoms with E-state index in [0.29, 0.717) is 0 Å².